The number of nitrogens with zero attached hydrogens (tertiary/aromatic N) is 2. The van der Waals surface area contributed by atoms with Crippen LogP contribution in [0.25, 0.3) is 22.3 Å². The average molecular weight is 585 g/mol. The maximum absolute atomic E-state index is 13.1. The van der Waals surface area contributed by atoms with Crippen molar-refractivity contribution in [1.29, 1.82) is 0 Å². The molecule has 43 heavy (non-hydrogen) atoms. The summed E-state index contributed by atoms with van der Waals surface area (Å²) in [5, 5.41) is 13.3. The van der Waals surface area contributed by atoms with Crippen molar-refractivity contribution in [3.8, 4) is 22.3 Å². The molecule has 4 N–H and O–H groups in total. The second-order valence-electron chi connectivity index (χ2n) is 13.0. The lowest BCUT2D eigenvalue weighted by atomic mass is 9.63. The molecule has 5 rings (SSSR count). The number of carbonyl (C=O) groups is 2. The fourth-order valence-corrected chi connectivity index (χ4v) is 6.73. The minimum Gasteiger partial charge on any atom is -0.447 e. The van der Waals surface area contributed by atoms with E-state index in [0.29, 0.717) is 25.1 Å². The first-order valence-corrected chi connectivity index (χ1v) is 15.3. The van der Waals surface area contributed by atoms with E-state index in [1.54, 1.807) is 11.9 Å². The minimum absolute atomic E-state index is 0.0516. The van der Waals surface area contributed by atoms with Gasteiger partial charge in [-0.05, 0) is 93.5 Å². The zero-order valence-corrected chi connectivity index (χ0v) is 25.7. The Bertz CT molecular complexity index is 1420. The molecule has 2 saturated carbocycles. The molecule has 0 aliphatic heterocycles. The van der Waals surface area contributed by atoms with Crippen LogP contribution in [-0.2, 0) is 15.1 Å². The summed E-state index contributed by atoms with van der Waals surface area (Å²) < 4.78 is 5.34. The largest absolute Gasteiger partial charge is 0.447 e. The van der Waals surface area contributed by atoms with Gasteiger partial charge in [-0.2, -0.15) is 0 Å². The van der Waals surface area contributed by atoms with Crippen LogP contribution in [0.3, 0.4) is 0 Å². The third kappa shape index (κ3) is 7.25. The molecule has 1 aromatic heterocycles. The molecule has 2 fully saturated rings. The van der Waals surface area contributed by atoms with Gasteiger partial charge in [-0.1, -0.05) is 54.6 Å². The van der Waals surface area contributed by atoms with Crippen molar-refractivity contribution in [2.45, 2.75) is 89.0 Å². The number of aromatic nitrogens is 1. The summed E-state index contributed by atoms with van der Waals surface area (Å²) in [4.78, 5) is 31.7. The Morgan fingerprint density at radius 3 is 2.26 bits per heavy atom. The van der Waals surface area contributed by atoms with Gasteiger partial charge in [0, 0.05) is 36.8 Å². The number of aliphatic hydroxyl groups is 1. The fourth-order valence-electron chi connectivity index (χ4n) is 6.73. The van der Waals surface area contributed by atoms with Crippen LogP contribution in [0, 0.1) is 5.92 Å². The van der Waals surface area contributed by atoms with Crippen LogP contribution in [0.2, 0.25) is 0 Å². The lowest BCUT2D eigenvalue weighted by Gasteiger charge is -2.49. The molecule has 0 spiro atoms. The standard InChI is InChI=1S/C35H44N4O4/c1-23(2)43-33(41)39(4)28-16-10-24(11-17-28)18-32(40)38-31-19-29(25-8-6-5-7-9-25)30(20-37-31)26-12-14-27(15-13-26)35(36)21-34(3,42)22-35/h5-9,12-15,19-20,23-24,28,42H,10-11,16-18,21-22,36H2,1-4H3,(H,37,38,40). The van der Waals surface area contributed by atoms with Crippen LogP contribution >= 0.6 is 0 Å². The molecular weight excluding hydrogens is 540 g/mol. The summed E-state index contributed by atoms with van der Waals surface area (Å²) in [6, 6.07) is 20.3. The SMILES string of the molecule is CC(C)OC(=O)N(C)C1CCC(CC(=O)Nc2cc(-c3ccccc3)c(-c3ccc(C4(N)CC(C)(O)C4)cc3)cn2)CC1. The number of anilines is 1. The average Bonchev–Trinajstić information content (AvgIpc) is 2.96. The molecule has 1 heterocycles. The van der Waals surface area contributed by atoms with Crippen molar-refractivity contribution in [2.75, 3.05) is 12.4 Å². The second-order valence-corrected chi connectivity index (χ2v) is 13.0. The highest BCUT2D eigenvalue weighted by Crippen LogP contribution is 2.46. The number of carbonyl (C=O) groups excluding carboxylic acids is 2. The van der Waals surface area contributed by atoms with E-state index < -0.39 is 11.1 Å². The van der Waals surface area contributed by atoms with Crippen molar-refractivity contribution >= 4 is 17.8 Å². The van der Waals surface area contributed by atoms with Gasteiger partial charge in [-0.3, -0.25) is 4.79 Å². The van der Waals surface area contributed by atoms with Crippen LogP contribution in [0.4, 0.5) is 10.6 Å². The van der Waals surface area contributed by atoms with Crippen LogP contribution in [0.1, 0.15) is 71.3 Å². The monoisotopic (exact) mass is 584 g/mol. The zero-order chi connectivity index (χ0) is 30.8. The number of nitrogens with one attached hydrogen (secondary N) is 1. The number of nitrogens with two attached hydrogens (primary N) is 1. The maximum atomic E-state index is 13.1. The second kappa shape index (κ2) is 12.5. The van der Waals surface area contributed by atoms with Gasteiger partial charge < -0.3 is 25.8 Å². The molecule has 2 aromatic carbocycles. The summed E-state index contributed by atoms with van der Waals surface area (Å²) >= 11 is 0. The van der Waals surface area contributed by atoms with E-state index in [0.717, 1.165) is 53.5 Å². The van der Waals surface area contributed by atoms with Crippen molar-refractivity contribution in [2.24, 2.45) is 11.7 Å². The Kier molecular flexibility index (Phi) is 8.90. The number of hydrogen-bond acceptors (Lipinski definition) is 6. The highest BCUT2D eigenvalue weighted by molar-refractivity contribution is 5.92. The van der Waals surface area contributed by atoms with Gasteiger partial charge >= 0.3 is 6.09 Å². The molecule has 0 radical (unpaired) electrons. The van der Waals surface area contributed by atoms with Gasteiger partial charge in [0.2, 0.25) is 5.91 Å². The Hall–Kier alpha value is -3.75. The number of ether oxygens (including phenoxy) is 1. The summed E-state index contributed by atoms with van der Waals surface area (Å²) in [6.45, 7) is 5.52. The summed E-state index contributed by atoms with van der Waals surface area (Å²) in [5.74, 6) is 0.735. The van der Waals surface area contributed by atoms with Crippen LogP contribution in [-0.4, -0.2) is 51.8 Å². The summed E-state index contributed by atoms with van der Waals surface area (Å²) in [7, 11) is 1.80. The van der Waals surface area contributed by atoms with E-state index in [1.165, 1.54) is 0 Å². The number of hydrogen-bond donors (Lipinski definition) is 3. The van der Waals surface area contributed by atoms with Gasteiger partial charge in [0.25, 0.3) is 0 Å². The molecule has 0 atom stereocenters. The van der Waals surface area contributed by atoms with Crippen molar-refractivity contribution in [1.82, 2.24) is 9.88 Å². The number of benzene rings is 2. The van der Waals surface area contributed by atoms with Crippen LogP contribution in [0.5, 0.6) is 0 Å². The third-order valence-electron chi connectivity index (χ3n) is 8.88. The quantitative estimate of drug-likeness (QED) is 0.279. The minimum atomic E-state index is -0.711. The zero-order valence-electron chi connectivity index (χ0n) is 25.7. The Morgan fingerprint density at radius 1 is 1.02 bits per heavy atom. The molecule has 8 heteroatoms. The Labute approximate surface area is 254 Å². The van der Waals surface area contributed by atoms with Gasteiger partial charge in [0.1, 0.15) is 5.82 Å². The van der Waals surface area contributed by atoms with Crippen molar-refractivity contribution in [3.05, 3.63) is 72.4 Å². The smallest absolute Gasteiger partial charge is 0.410 e. The predicted molar refractivity (Wildman–Crippen MR) is 169 cm³/mol. The van der Waals surface area contributed by atoms with Gasteiger partial charge in [0.05, 0.1) is 11.7 Å². The van der Waals surface area contributed by atoms with E-state index in [1.807, 2.05) is 63.4 Å². The highest BCUT2D eigenvalue weighted by atomic mass is 16.6. The Morgan fingerprint density at radius 2 is 1.65 bits per heavy atom. The maximum Gasteiger partial charge on any atom is 0.410 e. The Balaban J connectivity index is 1.25. The van der Waals surface area contributed by atoms with E-state index in [9.17, 15) is 14.7 Å². The molecule has 8 nitrogen and oxygen atoms in total. The fraction of sp³-hybridized carbons (Fsp3) is 0.457. The number of pyridine rings is 1. The van der Waals surface area contributed by atoms with Gasteiger partial charge in [0.15, 0.2) is 0 Å². The molecule has 2 aliphatic carbocycles. The number of rotatable bonds is 8. The predicted octanol–water partition coefficient (Wildman–Crippen LogP) is 6.48. The topological polar surface area (TPSA) is 118 Å². The molecule has 3 aromatic rings. The molecule has 0 unspecified atom stereocenters. The molecule has 0 saturated heterocycles. The first-order valence-electron chi connectivity index (χ1n) is 15.3. The lowest BCUT2D eigenvalue weighted by molar-refractivity contribution is -0.117. The summed E-state index contributed by atoms with van der Waals surface area (Å²) in [5.41, 5.74) is 10.3. The molecule has 228 valence electrons. The first kappa shape index (κ1) is 30.7. The van der Waals surface area contributed by atoms with Gasteiger partial charge in [-0.15, -0.1) is 0 Å². The van der Waals surface area contributed by atoms with E-state index >= 15 is 0 Å². The molecule has 0 bridgehead atoms. The van der Waals surface area contributed by atoms with Crippen molar-refractivity contribution in [3.63, 3.8) is 0 Å². The van der Waals surface area contributed by atoms with E-state index in [-0.39, 0.29) is 30.1 Å². The summed E-state index contributed by atoms with van der Waals surface area (Å²) in [6.07, 6.45) is 6.37. The lowest BCUT2D eigenvalue weighted by Crippen LogP contribution is -2.58. The van der Waals surface area contributed by atoms with Gasteiger partial charge in [-0.25, -0.2) is 9.78 Å². The normalized spacial score (nSPS) is 25.1. The molecule has 2 aliphatic rings. The van der Waals surface area contributed by atoms with Crippen molar-refractivity contribution < 1.29 is 19.4 Å². The third-order valence-corrected chi connectivity index (χ3v) is 8.88. The van der Waals surface area contributed by atoms with E-state index in [4.69, 9.17) is 10.5 Å². The highest BCUT2D eigenvalue weighted by Gasteiger charge is 2.49. The van der Waals surface area contributed by atoms with Crippen LogP contribution in [0.15, 0.2) is 66.9 Å². The van der Waals surface area contributed by atoms with Crippen LogP contribution < -0.4 is 11.1 Å². The molecular formula is C35H44N4O4. The number of amides is 2. The molecule has 2 amide bonds. The first-order chi connectivity index (χ1) is 20.4. The van der Waals surface area contributed by atoms with E-state index in [2.05, 4.69) is 34.6 Å².